The molecule has 11 heteroatoms. The van der Waals surface area contributed by atoms with Crippen molar-refractivity contribution in [1.82, 2.24) is 4.90 Å². The molecular weight excluding hydrogens is 607 g/mol. The van der Waals surface area contributed by atoms with Crippen LogP contribution in [0.15, 0.2) is 71.6 Å². The zero-order valence-electron chi connectivity index (χ0n) is 22.6. The largest absolute Gasteiger partial charge is 0.481 e. The molecule has 3 aromatic rings. The first-order valence-electron chi connectivity index (χ1n) is 13.5. The Bertz CT molecular complexity index is 1630. The zero-order chi connectivity index (χ0) is 30.4. The van der Waals surface area contributed by atoms with E-state index in [0.29, 0.717) is 34.5 Å². The Morgan fingerprint density at radius 3 is 2.31 bits per heavy atom. The Kier molecular flexibility index (Phi) is 8.40. The Morgan fingerprint density at radius 2 is 1.71 bits per heavy atom. The van der Waals surface area contributed by atoms with Crippen LogP contribution in [0, 0.1) is 23.0 Å². The molecule has 1 aliphatic carbocycles. The van der Waals surface area contributed by atoms with Crippen molar-refractivity contribution >= 4 is 44.9 Å². The summed E-state index contributed by atoms with van der Waals surface area (Å²) in [6.45, 7) is 1.59. The molecule has 0 radical (unpaired) electrons. The van der Waals surface area contributed by atoms with Crippen LogP contribution in [0.1, 0.15) is 55.7 Å². The number of sulfone groups is 1. The molecule has 1 N–H and O–H groups in total. The van der Waals surface area contributed by atoms with Crippen LogP contribution in [0.5, 0.6) is 0 Å². The number of halogens is 4. The van der Waals surface area contributed by atoms with E-state index < -0.39 is 73.8 Å². The van der Waals surface area contributed by atoms with Crippen LogP contribution in [0.25, 0.3) is 0 Å². The van der Waals surface area contributed by atoms with Gasteiger partial charge in [0.25, 0.3) is 0 Å². The number of nitrogens with zero attached hydrogens (tertiary/aromatic N) is 1. The number of likely N-dealkylation sites (tertiary alicyclic amines) is 1. The lowest BCUT2D eigenvalue weighted by Gasteiger charge is -2.52. The molecule has 6 nitrogen and oxygen atoms in total. The normalized spacial score (nSPS) is 23.5. The van der Waals surface area contributed by atoms with Gasteiger partial charge in [-0.25, -0.2) is 17.2 Å². The standard InChI is InChI=1S/C31H29Cl2F2NO5S/c1-31(16-28(37)38)15-24(20-3-2-4-22(33)13-20)29(19-7-9-21(32)10-8-19)36(30(31)39)26(18-5-6-18)17-42(40,41)27-12-11-23(34)14-25(27)35/h2-4,7-14,18,24,26,29H,5-6,15-17H2,1H3,(H,37,38)/t24-,26-,29-,31-/m1/s1. The van der Waals surface area contributed by atoms with E-state index in [9.17, 15) is 31.9 Å². The molecule has 0 bridgehead atoms. The molecule has 0 unspecified atom stereocenters. The molecule has 2 aliphatic rings. The third-order valence-electron chi connectivity index (χ3n) is 8.27. The Labute approximate surface area is 253 Å². The number of piperidine rings is 1. The van der Waals surface area contributed by atoms with Crippen molar-refractivity contribution in [3.8, 4) is 0 Å². The number of carbonyl (C=O) groups is 2. The van der Waals surface area contributed by atoms with Gasteiger partial charge in [0.1, 0.15) is 16.5 Å². The van der Waals surface area contributed by atoms with Gasteiger partial charge in [0, 0.05) is 28.1 Å². The minimum Gasteiger partial charge on any atom is -0.481 e. The molecule has 1 heterocycles. The van der Waals surface area contributed by atoms with Gasteiger partial charge in [0.15, 0.2) is 9.84 Å². The first-order valence-corrected chi connectivity index (χ1v) is 15.9. The van der Waals surface area contributed by atoms with Crippen molar-refractivity contribution in [2.75, 3.05) is 5.75 Å². The molecule has 42 heavy (non-hydrogen) atoms. The van der Waals surface area contributed by atoms with Crippen molar-refractivity contribution < 1.29 is 31.9 Å². The summed E-state index contributed by atoms with van der Waals surface area (Å²) >= 11 is 12.6. The molecule has 4 atom stereocenters. The summed E-state index contributed by atoms with van der Waals surface area (Å²) in [5.41, 5.74) is 0.0735. The highest BCUT2D eigenvalue weighted by atomic mass is 35.5. The second-order valence-corrected chi connectivity index (χ2v) is 14.3. The number of rotatable bonds is 9. The van der Waals surface area contributed by atoms with Crippen LogP contribution in [-0.4, -0.2) is 42.1 Å². The molecule has 3 aromatic carbocycles. The van der Waals surface area contributed by atoms with E-state index in [-0.39, 0.29) is 12.3 Å². The fraction of sp³-hybridized carbons (Fsp3) is 0.355. The van der Waals surface area contributed by atoms with Crippen LogP contribution in [0.3, 0.4) is 0 Å². The number of amides is 1. The first-order chi connectivity index (χ1) is 19.8. The summed E-state index contributed by atoms with van der Waals surface area (Å²) in [7, 11) is -4.34. The SMILES string of the molecule is C[C@]1(CC(=O)O)C[C@H](c2cccc(Cl)c2)[C@@H](c2ccc(Cl)cc2)N([C@H](CS(=O)(=O)c2ccc(F)cc2F)C2CC2)C1=O. The van der Waals surface area contributed by atoms with Crippen LogP contribution in [-0.2, 0) is 19.4 Å². The number of carboxylic acids is 1. The molecule has 5 rings (SSSR count). The summed E-state index contributed by atoms with van der Waals surface area (Å²) in [5.74, 6) is -5.06. The maximum atomic E-state index is 14.7. The van der Waals surface area contributed by atoms with Crippen molar-refractivity contribution in [3.63, 3.8) is 0 Å². The van der Waals surface area contributed by atoms with Gasteiger partial charge in [-0.2, -0.15) is 0 Å². The highest BCUT2D eigenvalue weighted by Gasteiger charge is 2.55. The van der Waals surface area contributed by atoms with Gasteiger partial charge in [-0.1, -0.05) is 54.4 Å². The maximum Gasteiger partial charge on any atom is 0.304 e. The molecule has 0 aromatic heterocycles. The quantitative estimate of drug-likeness (QED) is 0.254. The summed E-state index contributed by atoms with van der Waals surface area (Å²) in [6, 6.07) is 14.7. The van der Waals surface area contributed by atoms with E-state index in [2.05, 4.69) is 0 Å². The number of benzene rings is 3. The van der Waals surface area contributed by atoms with Gasteiger partial charge in [-0.15, -0.1) is 0 Å². The summed E-state index contributed by atoms with van der Waals surface area (Å²) in [6.07, 6.45) is 0.976. The van der Waals surface area contributed by atoms with Gasteiger partial charge < -0.3 is 10.0 Å². The van der Waals surface area contributed by atoms with E-state index in [0.717, 1.165) is 17.7 Å². The second kappa shape index (κ2) is 11.6. The van der Waals surface area contributed by atoms with Crippen LogP contribution >= 0.6 is 23.2 Å². The van der Waals surface area contributed by atoms with Gasteiger partial charge in [-0.3, -0.25) is 9.59 Å². The minimum absolute atomic E-state index is 0.166. The zero-order valence-corrected chi connectivity index (χ0v) is 25.0. The Hall–Kier alpha value is -3.01. The van der Waals surface area contributed by atoms with E-state index in [1.165, 1.54) is 4.90 Å². The monoisotopic (exact) mass is 635 g/mol. The minimum atomic E-state index is -4.34. The average Bonchev–Trinajstić information content (AvgIpc) is 3.74. The molecular formula is C31H29Cl2F2NO5S. The average molecular weight is 637 g/mol. The van der Waals surface area contributed by atoms with E-state index >= 15 is 0 Å². The second-order valence-electron chi connectivity index (χ2n) is 11.5. The van der Waals surface area contributed by atoms with E-state index in [1.807, 2.05) is 6.07 Å². The van der Waals surface area contributed by atoms with E-state index in [1.54, 1.807) is 49.4 Å². The predicted octanol–water partition coefficient (Wildman–Crippen LogP) is 7.06. The lowest BCUT2D eigenvalue weighted by Crippen LogP contribution is -2.58. The third kappa shape index (κ3) is 6.19. The number of carbonyl (C=O) groups excluding carboxylic acids is 1. The summed E-state index contributed by atoms with van der Waals surface area (Å²) in [5, 5.41) is 10.7. The topological polar surface area (TPSA) is 91.8 Å². The van der Waals surface area contributed by atoms with Crippen molar-refractivity contribution in [2.45, 2.75) is 55.5 Å². The maximum absolute atomic E-state index is 14.7. The highest BCUT2D eigenvalue weighted by Crippen LogP contribution is 2.54. The van der Waals surface area contributed by atoms with Gasteiger partial charge in [0.2, 0.25) is 5.91 Å². The van der Waals surface area contributed by atoms with Crippen LogP contribution in [0.2, 0.25) is 10.0 Å². The fourth-order valence-electron chi connectivity index (χ4n) is 6.21. The van der Waals surface area contributed by atoms with Gasteiger partial charge in [-0.05, 0) is 72.7 Å². The smallest absolute Gasteiger partial charge is 0.304 e. The molecule has 1 saturated heterocycles. The number of aliphatic carboxylic acids is 1. The lowest BCUT2D eigenvalue weighted by atomic mass is 9.67. The van der Waals surface area contributed by atoms with Crippen LogP contribution < -0.4 is 0 Å². The lowest BCUT2D eigenvalue weighted by molar-refractivity contribution is -0.160. The summed E-state index contributed by atoms with van der Waals surface area (Å²) < 4.78 is 55.6. The summed E-state index contributed by atoms with van der Waals surface area (Å²) in [4.78, 5) is 27.4. The van der Waals surface area contributed by atoms with E-state index in [4.69, 9.17) is 23.2 Å². The molecule has 222 valence electrons. The molecule has 1 amide bonds. The van der Waals surface area contributed by atoms with Crippen molar-refractivity contribution in [2.24, 2.45) is 11.3 Å². The molecule has 2 fully saturated rings. The van der Waals surface area contributed by atoms with Crippen molar-refractivity contribution in [1.29, 1.82) is 0 Å². The third-order valence-corrected chi connectivity index (χ3v) is 10.5. The number of hydrogen-bond acceptors (Lipinski definition) is 4. The Morgan fingerprint density at radius 1 is 1.02 bits per heavy atom. The molecule has 1 saturated carbocycles. The predicted molar refractivity (Wildman–Crippen MR) is 155 cm³/mol. The first kappa shape index (κ1) is 30.4. The van der Waals surface area contributed by atoms with Gasteiger partial charge >= 0.3 is 5.97 Å². The number of hydrogen-bond donors (Lipinski definition) is 1. The van der Waals surface area contributed by atoms with Gasteiger partial charge in [0.05, 0.1) is 23.6 Å². The molecule has 0 spiro atoms. The molecule has 1 aliphatic heterocycles. The van der Waals surface area contributed by atoms with Crippen molar-refractivity contribution in [3.05, 3.63) is 99.5 Å². The Balaban J connectivity index is 1.69. The number of carboxylic acid groups (broad SMARTS) is 1. The highest BCUT2D eigenvalue weighted by molar-refractivity contribution is 7.91. The van der Waals surface area contributed by atoms with Crippen LogP contribution in [0.4, 0.5) is 8.78 Å². The fourth-order valence-corrected chi connectivity index (χ4v) is 8.23.